The van der Waals surface area contributed by atoms with Crippen molar-refractivity contribution in [3.63, 3.8) is 0 Å². The summed E-state index contributed by atoms with van der Waals surface area (Å²) in [6.07, 6.45) is -0.274. The monoisotopic (exact) mass is 1100 g/mol. The van der Waals surface area contributed by atoms with Gasteiger partial charge in [-0.05, 0) is 114 Å². The minimum absolute atomic E-state index is 0. The summed E-state index contributed by atoms with van der Waals surface area (Å²) < 4.78 is 85.5. The van der Waals surface area contributed by atoms with E-state index in [1.807, 2.05) is 0 Å². The number of alkyl carbamates (subject to hydrolysis) is 1. The van der Waals surface area contributed by atoms with Crippen LogP contribution in [-0.4, -0.2) is 93.1 Å². The number of esters is 3. The smallest absolute Gasteiger partial charge is 0.408 e. The van der Waals surface area contributed by atoms with Crippen molar-refractivity contribution in [2.24, 2.45) is 5.73 Å². The molecule has 426 valence electrons. The van der Waals surface area contributed by atoms with Gasteiger partial charge in [-0.25, -0.2) is 41.1 Å². The fourth-order valence-electron chi connectivity index (χ4n) is 5.44. The van der Waals surface area contributed by atoms with E-state index in [1.165, 1.54) is 83.7 Å². The molecule has 78 heavy (non-hydrogen) atoms. The van der Waals surface area contributed by atoms with Gasteiger partial charge in [0.2, 0.25) is 17.7 Å². The van der Waals surface area contributed by atoms with E-state index in [0.29, 0.717) is 11.8 Å². The number of hydrogen-bond donors (Lipinski definition) is 6. The lowest BCUT2D eigenvalue weighted by Crippen LogP contribution is -2.44. The Hall–Kier alpha value is -8.57. The third-order valence-electron chi connectivity index (χ3n) is 9.46. The number of hydrogen-bond acceptors (Lipinski definition) is 14. The highest BCUT2D eigenvalue weighted by atomic mass is 19.1. The van der Waals surface area contributed by atoms with Crippen LogP contribution >= 0.6 is 0 Å². The Morgan fingerprint density at radius 3 is 1.26 bits per heavy atom. The fraction of sp³-hybridized carbons (Fsp3) is 0.309. The highest BCUT2D eigenvalue weighted by molar-refractivity contribution is 5.99. The molecule has 3 atom stereocenters. The van der Waals surface area contributed by atoms with Crippen LogP contribution in [0.4, 0.5) is 43.8 Å². The number of carbonyl (C=O) groups is 8. The summed E-state index contributed by atoms with van der Waals surface area (Å²) in [7, 11) is 3.61. The van der Waals surface area contributed by atoms with Gasteiger partial charge in [-0.15, -0.1) is 0 Å². The Bertz CT molecular complexity index is 2810. The summed E-state index contributed by atoms with van der Waals surface area (Å²) in [5, 5.41) is 12.2. The zero-order chi connectivity index (χ0) is 56.6. The van der Waals surface area contributed by atoms with Crippen LogP contribution in [0.5, 0.6) is 0 Å². The van der Waals surface area contributed by atoms with E-state index in [1.54, 1.807) is 58.0 Å². The minimum Gasteiger partial charge on any atom is -0.465 e. The SMILES string of the molecule is C.C.C.COC(=O)c1ccc(F)c(NC(=O)[C@H](C)N)c1.COC(=O)c1ccc(F)c(NC(=O)[C@H](C)NC(=O)OC(C)(C)C)c1.COC(=O)c1ccc(F)c(NC(=O)[C@H](C)NCc2ccccc2F)c1.O=Cc1ccccc1F. The number of aldehydes is 1. The van der Waals surface area contributed by atoms with E-state index in [9.17, 15) is 60.3 Å². The molecule has 4 amide bonds. The molecule has 0 aliphatic carbocycles. The summed E-state index contributed by atoms with van der Waals surface area (Å²) in [5.41, 5.74) is 5.07. The molecule has 0 radical (unpaired) electrons. The Balaban J connectivity index is 0. The Labute approximate surface area is 450 Å². The number of halogens is 5. The summed E-state index contributed by atoms with van der Waals surface area (Å²) in [5.74, 6) is -6.51. The lowest BCUT2D eigenvalue weighted by Gasteiger charge is -2.21. The number of rotatable bonds is 14. The molecule has 0 unspecified atom stereocenters. The Morgan fingerprint density at radius 2 is 0.910 bits per heavy atom. The molecule has 0 spiro atoms. The molecule has 0 saturated carbocycles. The molecule has 0 aliphatic rings. The number of nitrogens with one attached hydrogen (secondary N) is 5. The number of methoxy groups -OCH3 is 3. The molecule has 0 bridgehead atoms. The molecule has 0 saturated heterocycles. The van der Waals surface area contributed by atoms with E-state index < -0.39 is 88.7 Å². The first-order chi connectivity index (χ1) is 35.2. The van der Waals surface area contributed by atoms with E-state index >= 15 is 0 Å². The van der Waals surface area contributed by atoms with Crippen molar-refractivity contribution in [1.29, 1.82) is 0 Å². The number of ether oxygens (including phenoxy) is 4. The first-order valence-corrected chi connectivity index (χ1v) is 22.2. The summed E-state index contributed by atoms with van der Waals surface area (Å²) in [4.78, 5) is 91.3. The predicted molar refractivity (Wildman–Crippen MR) is 286 cm³/mol. The fourth-order valence-corrected chi connectivity index (χ4v) is 5.44. The summed E-state index contributed by atoms with van der Waals surface area (Å²) in [6, 6.07) is 20.1. The quantitative estimate of drug-likeness (QED) is 0.0262. The molecule has 0 aliphatic heterocycles. The van der Waals surface area contributed by atoms with Gasteiger partial charge in [-0.3, -0.25) is 19.2 Å². The molecule has 7 N–H and O–H groups in total. The maximum absolute atomic E-state index is 13.8. The zero-order valence-electron chi connectivity index (χ0n) is 42.2. The van der Waals surface area contributed by atoms with Gasteiger partial charge in [0.1, 0.15) is 40.7 Å². The highest BCUT2D eigenvalue weighted by Gasteiger charge is 2.23. The third kappa shape index (κ3) is 24.4. The van der Waals surface area contributed by atoms with Gasteiger partial charge >= 0.3 is 24.0 Å². The van der Waals surface area contributed by atoms with Crippen molar-refractivity contribution in [2.45, 2.75) is 94.1 Å². The first kappa shape index (κ1) is 71.5. The van der Waals surface area contributed by atoms with E-state index in [0.717, 1.165) is 24.3 Å². The summed E-state index contributed by atoms with van der Waals surface area (Å²) >= 11 is 0. The van der Waals surface area contributed by atoms with Crippen LogP contribution < -0.4 is 32.3 Å². The first-order valence-electron chi connectivity index (χ1n) is 22.2. The van der Waals surface area contributed by atoms with Crippen molar-refractivity contribution >= 4 is 65.1 Å². The van der Waals surface area contributed by atoms with Crippen LogP contribution in [-0.2, 0) is 39.9 Å². The topological polar surface area (TPSA) is 260 Å². The highest BCUT2D eigenvalue weighted by Crippen LogP contribution is 2.20. The van der Waals surface area contributed by atoms with Crippen molar-refractivity contribution < 1.29 is 79.3 Å². The number of amides is 4. The molecule has 5 rings (SSSR count). The van der Waals surface area contributed by atoms with Crippen LogP contribution in [0, 0.1) is 29.1 Å². The maximum atomic E-state index is 13.8. The van der Waals surface area contributed by atoms with Crippen LogP contribution in [0.2, 0.25) is 0 Å². The maximum Gasteiger partial charge on any atom is 0.408 e. The molecule has 5 aromatic carbocycles. The average Bonchev–Trinajstić information content (AvgIpc) is 3.37. The van der Waals surface area contributed by atoms with Crippen LogP contribution in [0.3, 0.4) is 0 Å². The van der Waals surface area contributed by atoms with Crippen LogP contribution in [0.1, 0.15) is 111 Å². The van der Waals surface area contributed by atoms with E-state index in [2.05, 4.69) is 40.8 Å². The molecule has 0 heterocycles. The van der Waals surface area contributed by atoms with Crippen molar-refractivity contribution in [3.8, 4) is 0 Å². The lowest BCUT2D eigenvalue weighted by atomic mass is 10.1. The molecule has 23 heteroatoms. The molecule has 5 aromatic rings. The van der Waals surface area contributed by atoms with Crippen molar-refractivity contribution in [3.05, 3.63) is 160 Å². The van der Waals surface area contributed by atoms with Gasteiger partial charge in [0.25, 0.3) is 0 Å². The van der Waals surface area contributed by atoms with Crippen molar-refractivity contribution in [2.75, 3.05) is 37.3 Å². The normalized spacial score (nSPS) is 11.1. The average molecular weight is 1100 g/mol. The van der Waals surface area contributed by atoms with Gasteiger partial charge in [0.15, 0.2) is 6.29 Å². The number of benzene rings is 5. The second kappa shape index (κ2) is 34.9. The van der Waals surface area contributed by atoms with Gasteiger partial charge in [0, 0.05) is 12.1 Å². The van der Waals surface area contributed by atoms with E-state index in [-0.39, 0.29) is 74.0 Å². The number of nitrogens with two attached hydrogens (primary N) is 1. The second-order valence-corrected chi connectivity index (χ2v) is 16.5. The third-order valence-corrected chi connectivity index (χ3v) is 9.46. The Kier molecular flexibility index (Phi) is 32.0. The number of carbonyl (C=O) groups excluding carboxylic acids is 8. The molecule has 18 nitrogen and oxygen atoms in total. The molecular weight excluding hydrogens is 1030 g/mol. The van der Waals surface area contributed by atoms with Gasteiger partial charge < -0.3 is 51.3 Å². The number of anilines is 3. The molecule has 0 aromatic heterocycles. The second-order valence-electron chi connectivity index (χ2n) is 16.5. The standard InChI is InChI=1S/C18H18F2N2O3.C16H21FN2O5.C11H13FN2O3.C7H5FO.3CH4/c1-11(21-10-13-5-3-4-6-14(13)19)17(23)22-16-9-12(18(24)25-2)7-8-15(16)20;1-9(18-15(22)24-16(2,3)4)13(20)19-12-8-10(14(21)23-5)6-7-11(12)17;1-6(13)10(15)14-9-5-7(11(16)17-2)3-4-8(9)12;8-7-4-2-1-3-6(7)5-9;;;/h3-9,11,21H,10H2,1-2H3,(H,22,23);6-9H,1-5H3,(H,18,22)(H,19,20);3-6H,13H2,1-2H3,(H,14,15);1-5H;3*1H4/t11-;9-;6-;;;;/m000..../s1. The van der Waals surface area contributed by atoms with Crippen LogP contribution in [0.15, 0.2) is 103 Å². The summed E-state index contributed by atoms with van der Waals surface area (Å²) in [6.45, 7) is 9.66. The Morgan fingerprint density at radius 1 is 0.538 bits per heavy atom. The van der Waals surface area contributed by atoms with E-state index in [4.69, 9.17) is 10.5 Å². The molecule has 0 fully saturated rings. The minimum atomic E-state index is -0.971. The van der Waals surface area contributed by atoms with Gasteiger partial charge in [-0.2, -0.15) is 0 Å². The van der Waals surface area contributed by atoms with Crippen LogP contribution in [0.25, 0.3) is 0 Å². The van der Waals surface area contributed by atoms with Gasteiger partial charge in [-0.1, -0.05) is 52.6 Å². The predicted octanol–water partition coefficient (Wildman–Crippen LogP) is 9.78. The zero-order valence-corrected chi connectivity index (χ0v) is 42.2. The lowest BCUT2D eigenvalue weighted by molar-refractivity contribution is -0.118. The molecular formula is C55H69F5N6O12. The largest absolute Gasteiger partial charge is 0.465 e. The van der Waals surface area contributed by atoms with Gasteiger partial charge in [0.05, 0.1) is 72.7 Å². The van der Waals surface area contributed by atoms with Crippen molar-refractivity contribution in [1.82, 2.24) is 10.6 Å².